The quantitative estimate of drug-likeness (QED) is 0.893. The molecule has 1 saturated carbocycles. The number of carbonyl (C=O) groups is 1. The minimum atomic E-state index is -0.973. The van der Waals surface area contributed by atoms with E-state index in [0.717, 1.165) is 6.08 Å². The highest BCUT2D eigenvalue weighted by Gasteiger charge is 2.63. The first kappa shape index (κ1) is 16.5. The summed E-state index contributed by atoms with van der Waals surface area (Å²) in [7, 11) is 0. The number of carboxylic acids is 1. The van der Waals surface area contributed by atoms with E-state index in [2.05, 4.69) is 9.97 Å². The number of nitrogens with zero attached hydrogens (tertiary/aromatic N) is 2. The second-order valence-corrected chi connectivity index (χ2v) is 6.44. The van der Waals surface area contributed by atoms with Crippen molar-refractivity contribution in [1.29, 1.82) is 0 Å². The van der Waals surface area contributed by atoms with Gasteiger partial charge in [-0.05, 0) is 32.3 Å². The molecule has 1 aromatic rings. The summed E-state index contributed by atoms with van der Waals surface area (Å²) < 4.78 is 32.9. The Balaban J connectivity index is 1.81. The molecule has 5 nitrogen and oxygen atoms in total. The molecule has 0 aliphatic heterocycles. The molecule has 0 saturated heterocycles. The number of allylic oxidation sites excluding steroid dienone is 4. The predicted octanol–water partition coefficient (Wildman–Crippen LogP) is 3.29. The SMILES string of the molecule is Cc1ncc(OC[C@@]2(C3C=C(F)C=C(F)C3)C[C@H]2C(=O)O)c(C)n1. The lowest BCUT2D eigenvalue weighted by Crippen LogP contribution is -2.28. The zero-order chi connectivity index (χ0) is 17.5. The van der Waals surface area contributed by atoms with Gasteiger partial charge in [0.15, 0.2) is 5.75 Å². The summed E-state index contributed by atoms with van der Waals surface area (Å²) in [5.74, 6) is -2.39. The first-order valence-electron chi connectivity index (χ1n) is 7.71. The van der Waals surface area contributed by atoms with Crippen LogP contribution in [0.3, 0.4) is 0 Å². The Morgan fingerprint density at radius 1 is 1.46 bits per heavy atom. The van der Waals surface area contributed by atoms with Crippen LogP contribution in [-0.4, -0.2) is 27.7 Å². The van der Waals surface area contributed by atoms with E-state index in [1.807, 2.05) is 0 Å². The van der Waals surface area contributed by atoms with Crippen LogP contribution in [0.25, 0.3) is 0 Å². The van der Waals surface area contributed by atoms with Gasteiger partial charge in [-0.15, -0.1) is 0 Å². The molecule has 1 N–H and O–H groups in total. The third-order valence-corrected chi connectivity index (χ3v) is 4.78. The van der Waals surface area contributed by atoms with E-state index in [0.29, 0.717) is 23.7 Å². The number of halogens is 2. The van der Waals surface area contributed by atoms with Crippen LogP contribution in [0.15, 0.2) is 30.0 Å². The Hall–Kier alpha value is -2.31. The van der Waals surface area contributed by atoms with Gasteiger partial charge in [0, 0.05) is 17.9 Å². The number of aryl methyl sites for hydroxylation is 2. The Morgan fingerprint density at radius 3 is 2.79 bits per heavy atom. The van der Waals surface area contributed by atoms with Gasteiger partial charge in [-0.2, -0.15) is 0 Å². The fraction of sp³-hybridized carbons (Fsp3) is 0.471. The highest BCUT2D eigenvalue weighted by atomic mass is 19.1. The smallest absolute Gasteiger partial charge is 0.307 e. The summed E-state index contributed by atoms with van der Waals surface area (Å²) in [6, 6.07) is 0. The average Bonchev–Trinajstić information content (AvgIpc) is 3.22. The van der Waals surface area contributed by atoms with E-state index in [4.69, 9.17) is 4.74 Å². The van der Waals surface area contributed by atoms with Gasteiger partial charge in [0.25, 0.3) is 0 Å². The van der Waals surface area contributed by atoms with E-state index < -0.39 is 34.9 Å². The molecular weight excluding hydrogens is 318 g/mol. The summed E-state index contributed by atoms with van der Waals surface area (Å²) >= 11 is 0. The van der Waals surface area contributed by atoms with Crippen molar-refractivity contribution in [3.63, 3.8) is 0 Å². The van der Waals surface area contributed by atoms with Gasteiger partial charge >= 0.3 is 5.97 Å². The number of aliphatic carboxylic acids is 1. The Labute approximate surface area is 138 Å². The van der Waals surface area contributed by atoms with E-state index in [-0.39, 0.29) is 13.0 Å². The van der Waals surface area contributed by atoms with E-state index in [9.17, 15) is 18.7 Å². The van der Waals surface area contributed by atoms with Crippen molar-refractivity contribution >= 4 is 5.97 Å². The molecule has 1 aromatic heterocycles. The minimum Gasteiger partial charge on any atom is -0.489 e. The summed E-state index contributed by atoms with van der Waals surface area (Å²) in [6.07, 6.45) is 3.98. The van der Waals surface area contributed by atoms with Crippen LogP contribution in [0.4, 0.5) is 8.78 Å². The fourth-order valence-electron chi connectivity index (χ4n) is 3.34. The van der Waals surface area contributed by atoms with Gasteiger partial charge < -0.3 is 9.84 Å². The van der Waals surface area contributed by atoms with Gasteiger partial charge in [-0.25, -0.2) is 18.7 Å². The zero-order valence-corrected chi connectivity index (χ0v) is 13.4. The van der Waals surface area contributed by atoms with Crippen LogP contribution < -0.4 is 4.74 Å². The molecule has 1 unspecified atom stereocenters. The van der Waals surface area contributed by atoms with Crippen molar-refractivity contribution in [2.24, 2.45) is 17.3 Å². The zero-order valence-electron chi connectivity index (χ0n) is 13.4. The maximum atomic E-state index is 13.6. The molecule has 0 aromatic carbocycles. The van der Waals surface area contributed by atoms with Crippen LogP contribution in [-0.2, 0) is 4.79 Å². The van der Waals surface area contributed by atoms with Crippen molar-refractivity contribution in [3.05, 3.63) is 41.5 Å². The van der Waals surface area contributed by atoms with Gasteiger partial charge in [-0.1, -0.05) is 0 Å². The standard InChI is InChI=1S/C17H18F2N2O3/c1-9-15(7-20-10(2)21-9)24-8-17(6-14(17)16(22)23)11-3-12(18)5-13(19)4-11/h3,5,7,11,14H,4,6,8H2,1-2H3,(H,22,23)/t11?,14-,17+/m0/s1. The molecule has 128 valence electrons. The topological polar surface area (TPSA) is 72.3 Å². The van der Waals surface area contributed by atoms with Crippen LogP contribution in [0.2, 0.25) is 0 Å². The molecule has 2 aliphatic rings. The number of aromatic nitrogens is 2. The molecule has 1 fully saturated rings. The third-order valence-electron chi connectivity index (χ3n) is 4.78. The van der Waals surface area contributed by atoms with E-state index in [1.165, 1.54) is 12.3 Å². The summed E-state index contributed by atoms with van der Waals surface area (Å²) in [6.45, 7) is 3.57. The van der Waals surface area contributed by atoms with Crippen molar-refractivity contribution in [2.75, 3.05) is 6.61 Å². The second-order valence-electron chi connectivity index (χ2n) is 6.44. The van der Waals surface area contributed by atoms with Crippen LogP contribution in [0, 0.1) is 31.1 Å². The van der Waals surface area contributed by atoms with Gasteiger partial charge in [-0.3, -0.25) is 4.79 Å². The number of hydrogen-bond donors (Lipinski definition) is 1. The molecule has 7 heteroatoms. The normalized spacial score (nSPS) is 28.8. The molecule has 24 heavy (non-hydrogen) atoms. The monoisotopic (exact) mass is 336 g/mol. The van der Waals surface area contributed by atoms with Crippen molar-refractivity contribution in [1.82, 2.24) is 9.97 Å². The Bertz CT molecular complexity index is 747. The molecule has 0 bridgehead atoms. The Morgan fingerprint density at radius 2 is 2.21 bits per heavy atom. The highest BCUT2D eigenvalue weighted by molar-refractivity contribution is 5.75. The number of hydrogen-bond acceptors (Lipinski definition) is 4. The first-order chi connectivity index (χ1) is 11.3. The summed E-state index contributed by atoms with van der Waals surface area (Å²) in [5, 5.41) is 9.34. The lowest BCUT2D eigenvalue weighted by atomic mass is 9.82. The molecule has 3 atom stereocenters. The lowest BCUT2D eigenvalue weighted by Gasteiger charge is -2.27. The average molecular weight is 336 g/mol. The van der Waals surface area contributed by atoms with Crippen molar-refractivity contribution < 1.29 is 23.4 Å². The van der Waals surface area contributed by atoms with Crippen LogP contribution >= 0.6 is 0 Å². The molecule has 3 rings (SSSR count). The van der Waals surface area contributed by atoms with E-state index >= 15 is 0 Å². The van der Waals surface area contributed by atoms with Crippen molar-refractivity contribution in [3.8, 4) is 5.75 Å². The molecule has 0 amide bonds. The minimum absolute atomic E-state index is 0.00998. The number of ether oxygens (including phenoxy) is 1. The van der Waals surface area contributed by atoms with Gasteiger partial charge in [0.2, 0.25) is 0 Å². The van der Waals surface area contributed by atoms with E-state index in [1.54, 1.807) is 13.8 Å². The third kappa shape index (κ3) is 3.02. The molecule has 0 radical (unpaired) electrons. The van der Waals surface area contributed by atoms with Crippen LogP contribution in [0.1, 0.15) is 24.4 Å². The summed E-state index contributed by atoms with van der Waals surface area (Å²) in [4.78, 5) is 19.7. The predicted molar refractivity (Wildman–Crippen MR) is 81.7 cm³/mol. The number of rotatable bonds is 5. The first-order valence-corrected chi connectivity index (χ1v) is 7.71. The Kier molecular flexibility index (Phi) is 4.11. The fourth-order valence-corrected chi connectivity index (χ4v) is 3.34. The largest absolute Gasteiger partial charge is 0.489 e. The molecular formula is C17H18F2N2O3. The molecule has 1 heterocycles. The highest BCUT2D eigenvalue weighted by Crippen LogP contribution is 2.61. The lowest BCUT2D eigenvalue weighted by molar-refractivity contribution is -0.140. The molecule has 2 aliphatic carbocycles. The maximum absolute atomic E-state index is 13.6. The number of carboxylic acid groups (broad SMARTS) is 1. The second kappa shape index (κ2) is 5.96. The van der Waals surface area contributed by atoms with Gasteiger partial charge in [0.1, 0.15) is 17.5 Å². The molecule has 0 spiro atoms. The van der Waals surface area contributed by atoms with Gasteiger partial charge in [0.05, 0.1) is 24.4 Å². The summed E-state index contributed by atoms with van der Waals surface area (Å²) in [5.41, 5.74) is -0.173. The van der Waals surface area contributed by atoms with Crippen LogP contribution in [0.5, 0.6) is 5.75 Å². The maximum Gasteiger partial charge on any atom is 0.307 e. The van der Waals surface area contributed by atoms with Crippen molar-refractivity contribution in [2.45, 2.75) is 26.7 Å².